The zero-order valence-corrected chi connectivity index (χ0v) is 23.1. The Labute approximate surface area is 203 Å². The first-order valence-corrected chi connectivity index (χ1v) is 15.2. The van der Waals surface area contributed by atoms with Gasteiger partial charge >= 0.3 is 0 Å². The van der Waals surface area contributed by atoms with Gasteiger partial charge in [0.2, 0.25) is 15.0 Å². The van der Waals surface area contributed by atoms with E-state index in [2.05, 4.69) is 134 Å². The number of hydrogen-bond donors (Lipinski definition) is 0. The Bertz CT molecular complexity index is 997. The molecule has 0 aliphatic carbocycles. The highest BCUT2D eigenvalue weighted by Gasteiger charge is 2.33. The minimum Gasteiger partial charge on any atom is -0.413 e. The van der Waals surface area contributed by atoms with Gasteiger partial charge in [-0.1, -0.05) is 131 Å². The normalized spacial score (nSPS) is 12.6. The Balaban J connectivity index is 2.19. The van der Waals surface area contributed by atoms with E-state index in [1.807, 2.05) is 0 Å². The molecule has 0 saturated heterocycles. The van der Waals surface area contributed by atoms with E-state index in [1.54, 1.807) is 0 Å². The predicted octanol–water partition coefficient (Wildman–Crippen LogP) is 5.25. The molecule has 0 radical (unpaired) electrons. The highest BCUT2D eigenvalue weighted by molar-refractivity contribution is 7.00. The lowest BCUT2D eigenvalue weighted by atomic mass is 9.36. The average molecular weight is 457 g/mol. The third-order valence-electron chi connectivity index (χ3n) is 6.65. The third kappa shape index (κ3) is 5.88. The molecule has 3 aromatic carbocycles. The van der Waals surface area contributed by atoms with E-state index in [0.29, 0.717) is 0 Å². The van der Waals surface area contributed by atoms with Crippen molar-refractivity contribution in [2.24, 2.45) is 0 Å². The predicted molar refractivity (Wildman–Crippen MR) is 150 cm³/mol. The topological polar surface area (TPSA) is 9.23 Å². The van der Waals surface area contributed by atoms with Crippen LogP contribution in [0, 0.1) is 0 Å². The van der Waals surface area contributed by atoms with Gasteiger partial charge in [0.25, 0.3) is 0 Å². The van der Waals surface area contributed by atoms with Crippen LogP contribution >= 0.6 is 0 Å². The van der Waals surface area contributed by atoms with Crippen molar-refractivity contribution in [1.29, 1.82) is 0 Å². The van der Waals surface area contributed by atoms with Crippen LogP contribution in [0.2, 0.25) is 13.1 Å². The summed E-state index contributed by atoms with van der Waals surface area (Å²) in [5, 5.41) is 1.39. The average Bonchev–Trinajstić information content (AvgIpc) is 2.74. The molecule has 0 heterocycles. The lowest BCUT2D eigenvalue weighted by Crippen LogP contribution is -2.63. The van der Waals surface area contributed by atoms with E-state index in [0.717, 1.165) is 6.61 Å². The number of rotatable bonds is 6. The van der Waals surface area contributed by atoms with Crippen LogP contribution in [0.5, 0.6) is 0 Å². The van der Waals surface area contributed by atoms with Crippen molar-refractivity contribution in [2.75, 3.05) is 6.61 Å². The van der Waals surface area contributed by atoms with E-state index in [4.69, 9.17) is 4.43 Å². The Morgan fingerprint density at radius 3 is 1.48 bits per heavy atom. The number of hydrogen-bond acceptors (Lipinski definition) is 1. The quantitative estimate of drug-likeness (QED) is 0.461. The van der Waals surface area contributed by atoms with Crippen molar-refractivity contribution >= 4 is 36.6 Å². The van der Waals surface area contributed by atoms with Crippen LogP contribution in [0.25, 0.3) is 0 Å². The summed E-state index contributed by atoms with van der Waals surface area (Å²) in [6.45, 7) is 21.3. The summed E-state index contributed by atoms with van der Waals surface area (Å²) >= 11 is 0. The van der Waals surface area contributed by atoms with Gasteiger partial charge in [-0.15, -0.1) is 0 Å². The molecule has 33 heavy (non-hydrogen) atoms. The van der Waals surface area contributed by atoms with Crippen molar-refractivity contribution in [3.63, 3.8) is 0 Å². The van der Waals surface area contributed by atoms with Crippen LogP contribution in [-0.2, 0) is 15.3 Å². The molecule has 0 N–H and O–H groups in total. The molecule has 0 bridgehead atoms. The molecule has 174 valence electrons. The standard InChI is InChI=1S/C30H41BOSi/c1-10-32-33(8,9)28-14-12-11-13-27(28)31(25-19-15-23(16-20-25)29(2,3)4)26-21-17-24(18-22-26)30(5,6)7/h11-22H,10H2,1-9H3. The largest absolute Gasteiger partial charge is 0.413 e. The van der Waals surface area contributed by atoms with Gasteiger partial charge in [0.05, 0.1) is 0 Å². The molecule has 0 spiro atoms. The second kappa shape index (κ2) is 9.64. The van der Waals surface area contributed by atoms with E-state index < -0.39 is 8.32 Å². The van der Waals surface area contributed by atoms with Crippen molar-refractivity contribution in [3.8, 4) is 0 Å². The Morgan fingerprint density at radius 1 is 0.667 bits per heavy atom. The van der Waals surface area contributed by atoms with Gasteiger partial charge in [0.15, 0.2) is 0 Å². The van der Waals surface area contributed by atoms with E-state index in [1.165, 1.54) is 32.7 Å². The lowest BCUT2D eigenvalue weighted by molar-refractivity contribution is 0.339. The molecule has 0 unspecified atom stereocenters. The van der Waals surface area contributed by atoms with Crippen LogP contribution in [-0.4, -0.2) is 21.6 Å². The van der Waals surface area contributed by atoms with Gasteiger partial charge in [0.1, 0.15) is 0 Å². The highest BCUT2D eigenvalue weighted by atomic mass is 28.4. The SMILES string of the molecule is CCO[Si](C)(C)c1ccccc1B(c1ccc(C(C)(C)C)cc1)c1ccc(C(C)(C)C)cc1. The van der Waals surface area contributed by atoms with E-state index >= 15 is 0 Å². The lowest BCUT2D eigenvalue weighted by Gasteiger charge is -2.29. The van der Waals surface area contributed by atoms with Gasteiger partial charge in [0, 0.05) is 6.61 Å². The monoisotopic (exact) mass is 456 g/mol. The van der Waals surface area contributed by atoms with Crippen LogP contribution < -0.4 is 21.6 Å². The smallest absolute Gasteiger partial charge is 0.241 e. The molecule has 0 saturated carbocycles. The summed E-state index contributed by atoms with van der Waals surface area (Å²) < 4.78 is 6.34. The third-order valence-corrected chi connectivity index (χ3v) is 9.41. The first-order valence-electron chi connectivity index (χ1n) is 12.3. The summed E-state index contributed by atoms with van der Waals surface area (Å²) in [4.78, 5) is 0. The Hall–Kier alpha value is -2.10. The van der Waals surface area contributed by atoms with Gasteiger partial charge < -0.3 is 4.43 Å². The summed E-state index contributed by atoms with van der Waals surface area (Å²) in [6, 6.07) is 27.5. The molecule has 0 aliphatic heterocycles. The van der Waals surface area contributed by atoms with Crippen molar-refractivity contribution in [1.82, 2.24) is 0 Å². The molecule has 3 aromatic rings. The van der Waals surface area contributed by atoms with Crippen molar-refractivity contribution in [3.05, 3.63) is 83.9 Å². The molecule has 0 aliphatic rings. The van der Waals surface area contributed by atoms with Crippen LogP contribution in [0.3, 0.4) is 0 Å². The highest BCUT2D eigenvalue weighted by Crippen LogP contribution is 2.22. The van der Waals surface area contributed by atoms with Crippen molar-refractivity contribution < 1.29 is 4.43 Å². The molecule has 0 aromatic heterocycles. The minimum atomic E-state index is -2.03. The van der Waals surface area contributed by atoms with Crippen LogP contribution in [0.1, 0.15) is 59.6 Å². The fourth-order valence-corrected chi connectivity index (χ4v) is 6.94. The second-order valence-electron chi connectivity index (χ2n) is 11.7. The van der Waals surface area contributed by atoms with E-state index in [9.17, 15) is 0 Å². The zero-order valence-electron chi connectivity index (χ0n) is 22.1. The van der Waals surface area contributed by atoms with Gasteiger partial charge in [-0.05, 0) is 47.2 Å². The summed E-state index contributed by atoms with van der Waals surface area (Å²) in [7, 11) is -2.03. The van der Waals surface area contributed by atoms with Crippen molar-refractivity contribution in [2.45, 2.75) is 72.4 Å². The molecule has 3 heteroatoms. The van der Waals surface area contributed by atoms with Gasteiger partial charge in [-0.25, -0.2) is 0 Å². The molecular weight excluding hydrogens is 415 g/mol. The Kier molecular flexibility index (Phi) is 7.46. The first-order chi connectivity index (χ1) is 15.3. The first kappa shape index (κ1) is 25.5. The Morgan fingerprint density at radius 2 is 1.09 bits per heavy atom. The summed E-state index contributed by atoms with van der Waals surface area (Å²) in [5.41, 5.74) is 7.06. The summed E-state index contributed by atoms with van der Waals surface area (Å²) in [6.07, 6.45) is 0. The van der Waals surface area contributed by atoms with Crippen LogP contribution in [0.4, 0.5) is 0 Å². The van der Waals surface area contributed by atoms with E-state index in [-0.39, 0.29) is 17.5 Å². The molecule has 0 atom stereocenters. The summed E-state index contributed by atoms with van der Waals surface area (Å²) in [5.74, 6) is 0. The fourth-order valence-electron chi connectivity index (χ4n) is 4.64. The molecular formula is C30H41BOSi. The second-order valence-corrected chi connectivity index (χ2v) is 15.6. The minimum absolute atomic E-state index is 0.143. The molecule has 0 amide bonds. The van der Waals surface area contributed by atoms with Gasteiger partial charge in [-0.3, -0.25) is 0 Å². The van der Waals surface area contributed by atoms with Crippen LogP contribution in [0.15, 0.2) is 72.8 Å². The fraction of sp³-hybridized carbons (Fsp3) is 0.400. The maximum atomic E-state index is 6.34. The number of benzene rings is 3. The molecule has 3 rings (SSSR count). The molecule has 0 fully saturated rings. The maximum absolute atomic E-state index is 6.34. The zero-order chi connectivity index (χ0) is 24.4. The maximum Gasteiger partial charge on any atom is 0.241 e. The van der Waals surface area contributed by atoms with Gasteiger partial charge in [-0.2, -0.15) is 0 Å². The molecule has 1 nitrogen and oxygen atoms in total.